The number of hydrogen-bond acceptors (Lipinski definition) is 4. The number of amides is 2. The fraction of sp³-hybridized carbons (Fsp3) is 0.400. The number of rotatable bonds is 3. The molecule has 0 saturated heterocycles. The van der Waals surface area contributed by atoms with Gasteiger partial charge in [-0.05, 0) is 37.8 Å². The molecular formula is C15H19N5O2. The Morgan fingerprint density at radius 2 is 2.09 bits per heavy atom. The van der Waals surface area contributed by atoms with E-state index in [-0.39, 0.29) is 18.2 Å². The van der Waals surface area contributed by atoms with Gasteiger partial charge in [-0.25, -0.2) is 4.79 Å². The van der Waals surface area contributed by atoms with E-state index in [0.717, 1.165) is 31.4 Å². The summed E-state index contributed by atoms with van der Waals surface area (Å²) in [5.41, 5.74) is 1.98. The van der Waals surface area contributed by atoms with E-state index in [4.69, 9.17) is 0 Å². The molecule has 22 heavy (non-hydrogen) atoms. The summed E-state index contributed by atoms with van der Waals surface area (Å²) in [5, 5.41) is 22.0. The van der Waals surface area contributed by atoms with Crippen LogP contribution < -0.4 is 10.6 Å². The lowest BCUT2D eigenvalue weighted by Gasteiger charge is -2.26. The second kappa shape index (κ2) is 6.57. The predicted octanol–water partition coefficient (Wildman–Crippen LogP) is 1.90. The monoisotopic (exact) mass is 301 g/mol. The van der Waals surface area contributed by atoms with Crippen molar-refractivity contribution in [3.8, 4) is 11.4 Å². The molecule has 2 aromatic heterocycles. The van der Waals surface area contributed by atoms with Crippen LogP contribution >= 0.6 is 0 Å². The van der Waals surface area contributed by atoms with Crippen molar-refractivity contribution in [3.63, 3.8) is 0 Å². The van der Waals surface area contributed by atoms with Gasteiger partial charge in [-0.1, -0.05) is 6.07 Å². The molecule has 2 heterocycles. The van der Waals surface area contributed by atoms with Gasteiger partial charge in [0, 0.05) is 12.2 Å². The number of urea groups is 1. The van der Waals surface area contributed by atoms with Crippen LogP contribution in [0.2, 0.25) is 0 Å². The van der Waals surface area contributed by atoms with Gasteiger partial charge in [-0.15, -0.1) is 0 Å². The van der Waals surface area contributed by atoms with Crippen molar-refractivity contribution in [2.45, 2.75) is 37.8 Å². The number of hydrogen-bond donors (Lipinski definition) is 4. The minimum absolute atomic E-state index is 0.105. The van der Waals surface area contributed by atoms with Gasteiger partial charge in [-0.2, -0.15) is 5.10 Å². The molecule has 4 N–H and O–H groups in total. The van der Waals surface area contributed by atoms with Crippen LogP contribution in [0.3, 0.4) is 0 Å². The van der Waals surface area contributed by atoms with E-state index in [1.165, 1.54) is 0 Å². The summed E-state index contributed by atoms with van der Waals surface area (Å²) < 4.78 is 0. The third kappa shape index (κ3) is 3.43. The van der Waals surface area contributed by atoms with E-state index in [0.29, 0.717) is 11.4 Å². The Labute approximate surface area is 128 Å². The molecule has 116 valence electrons. The molecule has 3 rings (SSSR count). The van der Waals surface area contributed by atoms with Gasteiger partial charge in [-0.3, -0.25) is 10.1 Å². The van der Waals surface area contributed by atoms with Gasteiger partial charge in [0.05, 0.1) is 23.7 Å². The summed E-state index contributed by atoms with van der Waals surface area (Å²) in [6.07, 6.45) is 6.08. The number of aromatic amines is 1. The molecule has 1 saturated carbocycles. The van der Waals surface area contributed by atoms with Crippen molar-refractivity contribution in [2.75, 3.05) is 5.32 Å². The average Bonchev–Trinajstić information content (AvgIpc) is 2.98. The first-order valence-corrected chi connectivity index (χ1v) is 7.42. The minimum atomic E-state index is -0.264. The zero-order chi connectivity index (χ0) is 15.4. The van der Waals surface area contributed by atoms with E-state index in [1.54, 1.807) is 12.4 Å². The third-order valence-corrected chi connectivity index (χ3v) is 3.84. The Kier molecular flexibility index (Phi) is 4.34. The van der Waals surface area contributed by atoms with E-state index in [9.17, 15) is 9.90 Å². The SMILES string of the molecule is O=C(Nc1cn[nH]c1-c1ccccn1)NC1CCC(O)CC1. The Morgan fingerprint density at radius 1 is 1.27 bits per heavy atom. The molecule has 0 aromatic carbocycles. The van der Waals surface area contributed by atoms with Crippen molar-refractivity contribution >= 4 is 11.7 Å². The third-order valence-electron chi connectivity index (χ3n) is 3.84. The fourth-order valence-corrected chi connectivity index (χ4v) is 2.65. The highest BCUT2D eigenvalue weighted by Gasteiger charge is 2.21. The van der Waals surface area contributed by atoms with Gasteiger partial charge >= 0.3 is 6.03 Å². The highest BCUT2D eigenvalue weighted by molar-refractivity contribution is 5.93. The molecule has 2 aromatic rings. The minimum Gasteiger partial charge on any atom is -0.393 e. The summed E-state index contributed by atoms with van der Waals surface area (Å²) in [7, 11) is 0. The van der Waals surface area contributed by atoms with Crippen molar-refractivity contribution in [1.82, 2.24) is 20.5 Å². The number of nitrogens with one attached hydrogen (secondary N) is 3. The summed E-state index contributed by atoms with van der Waals surface area (Å²) in [4.78, 5) is 16.3. The molecular weight excluding hydrogens is 282 g/mol. The Balaban J connectivity index is 1.62. The zero-order valence-corrected chi connectivity index (χ0v) is 12.1. The lowest BCUT2D eigenvalue weighted by Crippen LogP contribution is -2.40. The second-order valence-electron chi connectivity index (χ2n) is 5.48. The average molecular weight is 301 g/mol. The zero-order valence-electron chi connectivity index (χ0n) is 12.1. The first-order chi connectivity index (χ1) is 10.7. The molecule has 7 heteroatoms. The number of nitrogens with zero attached hydrogens (tertiary/aromatic N) is 2. The van der Waals surface area contributed by atoms with E-state index in [2.05, 4.69) is 25.8 Å². The second-order valence-corrected chi connectivity index (χ2v) is 5.48. The van der Waals surface area contributed by atoms with Gasteiger partial charge in [0.2, 0.25) is 0 Å². The van der Waals surface area contributed by atoms with Crippen molar-refractivity contribution in [3.05, 3.63) is 30.6 Å². The lowest BCUT2D eigenvalue weighted by molar-refractivity contribution is 0.118. The summed E-state index contributed by atoms with van der Waals surface area (Å²) in [6, 6.07) is 5.39. The summed E-state index contributed by atoms with van der Waals surface area (Å²) in [5.74, 6) is 0. The maximum absolute atomic E-state index is 12.1. The Morgan fingerprint density at radius 3 is 2.82 bits per heavy atom. The first kappa shape index (κ1) is 14.5. The first-order valence-electron chi connectivity index (χ1n) is 7.42. The number of carbonyl (C=O) groups is 1. The highest BCUT2D eigenvalue weighted by Crippen LogP contribution is 2.23. The molecule has 0 bridgehead atoms. The standard InChI is InChI=1S/C15H19N5O2/c21-11-6-4-10(5-7-11)18-15(22)19-13-9-17-20-14(13)12-3-1-2-8-16-12/h1-3,8-11,21H,4-7H2,(H,17,20)(H2,18,19,22). The Hall–Kier alpha value is -2.41. The van der Waals surface area contributed by atoms with Crippen LogP contribution in [-0.4, -0.2) is 38.5 Å². The molecule has 1 fully saturated rings. The van der Waals surface area contributed by atoms with E-state index < -0.39 is 0 Å². The van der Waals surface area contributed by atoms with Gasteiger partial charge < -0.3 is 15.7 Å². The molecule has 7 nitrogen and oxygen atoms in total. The molecule has 2 amide bonds. The van der Waals surface area contributed by atoms with Crippen LogP contribution in [0.5, 0.6) is 0 Å². The number of H-pyrrole nitrogens is 1. The van der Waals surface area contributed by atoms with Gasteiger partial charge in [0.1, 0.15) is 5.69 Å². The van der Waals surface area contributed by atoms with Crippen molar-refractivity contribution in [1.29, 1.82) is 0 Å². The molecule has 1 aliphatic carbocycles. The van der Waals surface area contributed by atoms with Crippen LogP contribution in [-0.2, 0) is 0 Å². The van der Waals surface area contributed by atoms with Crippen molar-refractivity contribution < 1.29 is 9.90 Å². The lowest BCUT2D eigenvalue weighted by atomic mass is 9.93. The highest BCUT2D eigenvalue weighted by atomic mass is 16.3. The number of carbonyl (C=O) groups excluding carboxylic acids is 1. The van der Waals surface area contributed by atoms with Crippen LogP contribution in [0.15, 0.2) is 30.6 Å². The Bertz CT molecular complexity index is 620. The smallest absolute Gasteiger partial charge is 0.319 e. The van der Waals surface area contributed by atoms with E-state index in [1.807, 2.05) is 18.2 Å². The van der Waals surface area contributed by atoms with Gasteiger partial charge in [0.15, 0.2) is 0 Å². The molecule has 0 unspecified atom stereocenters. The number of aromatic nitrogens is 3. The van der Waals surface area contributed by atoms with Crippen LogP contribution in [0, 0.1) is 0 Å². The molecule has 0 atom stereocenters. The normalized spacial score (nSPS) is 21.3. The predicted molar refractivity (Wildman–Crippen MR) is 82.2 cm³/mol. The topological polar surface area (TPSA) is 103 Å². The number of aliphatic hydroxyl groups excluding tert-OH is 1. The molecule has 0 spiro atoms. The van der Waals surface area contributed by atoms with Gasteiger partial charge in [0.25, 0.3) is 0 Å². The van der Waals surface area contributed by atoms with Crippen LogP contribution in [0.4, 0.5) is 10.5 Å². The maximum Gasteiger partial charge on any atom is 0.319 e. The fourth-order valence-electron chi connectivity index (χ4n) is 2.65. The summed E-state index contributed by atoms with van der Waals surface area (Å²) >= 11 is 0. The number of pyridine rings is 1. The van der Waals surface area contributed by atoms with Crippen LogP contribution in [0.25, 0.3) is 11.4 Å². The van der Waals surface area contributed by atoms with Crippen LogP contribution in [0.1, 0.15) is 25.7 Å². The number of anilines is 1. The van der Waals surface area contributed by atoms with E-state index >= 15 is 0 Å². The molecule has 0 aliphatic heterocycles. The van der Waals surface area contributed by atoms with Crippen molar-refractivity contribution in [2.24, 2.45) is 0 Å². The molecule has 0 radical (unpaired) electrons. The quantitative estimate of drug-likeness (QED) is 0.695. The number of aliphatic hydroxyl groups is 1. The summed E-state index contributed by atoms with van der Waals surface area (Å²) in [6.45, 7) is 0. The largest absolute Gasteiger partial charge is 0.393 e. The molecule has 1 aliphatic rings. The maximum atomic E-state index is 12.1.